The van der Waals surface area contributed by atoms with Gasteiger partial charge in [0.15, 0.2) is 5.69 Å². The third-order valence-corrected chi connectivity index (χ3v) is 2.94. The van der Waals surface area contributed by atoms with Gasteiger partial charge in [-0.2, -0.15) is 0 Å². The number of benzene rings is 1. The molecule has 0 aliphatic carbocycles. The third kappa shape index (κ3) is 2.78. The number of nitrogens with one attached hydrogen (secondary N) is 1. The summed E-state index contributed by atoms with van der Waals surface area (Å²) >= 11 is 1.65. The maximum Gasteiger partial charge on any atom is 0.249 e. The summed E-state index contributed by atoms with van der Waals surface area (Å²) in [5.74, 6) is 0.705. The molecule has 3 N–H and O–H groups in total. The van der Waals surface area contributed by atoms with E-state index in [-0.39, 0.29) is 17.4 Å². The minimum absolute atomic E-state index is 0.168. The molecule has 0 saturated carbocycles. The second kappa shape index (κ2) is 5.50. The predicted molar refractivity (Wildman–Crippen MR) is 71.3 cm³/mol. The molecule has 0 amide bonds. The molecule has 18 heavy (non-hydrogen) atoms. The number of ether oxygens (including phenoxy) is 1. The quantitative estimate of drug-likeness (QED) is 0.500. The Morgan fingerprint density at radius 1 is 1.22 bits per heavy atom. The zero-order valence-corrected chi connectivity index (χ0v) is 10.6. The number of amidine groups is 1. The van der Waals surface area contributed by atoms with Crippen molar-refractivity contribution in [1.82, 2.24) is 9.97 Å². The average molecular weight is 260 g/mol. The molecule has 0 unspecified atom stereocenters. The van der Waals surface area contributed by atoms with Crippen LogP contribution in [0.15, 0.2) is 41.6 Å². The van der Waals surface area contributed by atoms with E-state index >= 15 is 0 Å². The van der Waals surface area contributed by atoms with Crippen LogP contribution in [0.5, 0.6) is 11.6 Å². The molecule has 1 aromatic heterocycles. The Labute approximate surface area is 109 Å². The van der Waals surface area contributed by atoms with E-state index in [9.17, 15) is 0 Å². The van der Waals surface area contributed by atoms with Gasteiger partial charge in [-0.05, 0) is 30.5 Å². The van der Waals surface area contributed by atoms with Crippen LogP contribution >= 0.6 is 11.8 Å². The van der Waals surface area contributed by atoms with Gasteiger partial charge >= 0.3 is 0 Å². The lowest BCUT2D eigenvalue weighted by Gasteiger charge is -2.08. The first kappa shape index (κ1) is 12.4. The maximum atomic E-state index is 7.40. The molecule has 1 heterocycles. The van der Waals surface area contributed by atoms with Gasteiger partial charge in [-0.25, -0.2) is 9.97 Å². The molecule has 2 rings (SSSR count). The number of nitrogens with zero attached hydrogens (tertiary/aromatic N) is 2. The Hall–Kier alpha value is -2.08. The molecule has 1 aromatic carbocycles. The van der Waals surface area contributed by atoms with Crippen LogP contribution in [0.4, 0.5) is 0 Å². The lowest BCUT2D eigenvalue weighted by atomic mass is 10.3. The first-order chi connectivity index (χ1) is 8.70. The highest BCUT2D eigenvalue weighted by atomic mass is 32.2. The van der Waals surface area contributed by atoms with Crippen molar-refractivity contribution < 1.29 is 4.74 Å². The molecule has 0 spiro atoms. The fourth-order valence-electron chi connectivity index (χ4n) is 1.34. The van der Waals surface area contributed by atoms with Crippen LogP contribution in [0.2, 0.25) is 0 Å². The van der Waals surface area contributed by atoms with E-state index in [0.29, 0.717) is 5.75 Å². The monoisotopic (exact) mass is 260 g/mol. The highest BCUT2D eigenvalue weighted by Crippen LogP contribution is 2.24. The first-order valence-corrected chi connectivity index (χ1v) is 6.40. The minimum atomic E-state index is -0.168. The molecular weight excluding hydrogens is 248 g/mol. The van der Waals surface area contributed by atoms with Crippen molar-refractivity contribution in [3.63, 3.8) is 0 Å². The van der Waals surface area contributed by atoms with Crippen LogP contribution in [-0.2, 0) is 0 Å². The van der Waals surface area contributed by atoms with Gasteiger partial charge in [0.2, 0.25) is 5.88 Å². The Morgan fingerprint density at radius 3 is 2.50 bits per heavy atom. The largest absolute Gasteiger partial charge is 0.437 e. The molecule has 92 valence electrons. The van der Waals surface area contributed by atoms with Crippen LogP contribution in [-0.4, -0.2) is 22.1 Å². The lowest BCUT2D eigenvalue weighted by Crippen LogP contribution is -2.14. The molecular formula is C12H12N4OS. The number of hydrogen-bond donors (Lipinski definition) is 2. The van der Waals surface area contributed by atoms with Crippen LogP contribution in [0, 0.1) is 5.41 Å². The SMILES string of the molecule is CSc1ccc(Oc2nccnc2C(=N)N)cc1. The maximum absolute atomic E-state index is 7.40. The molecule has 0 aliphatic heterocycles. The summed E-state index contributed by atoms with van der Waals surface area (Å²) in [5, 5.41) is 7.40. The highest BCUT2D eigenvalue weighted by Gasteiger charge is 2.10. The van der Waals surface area contributed by atoms with Gasteiger partial charge in [0.25, 0.3) is 0 Å². The van der Waals surface area contributed by atoms with E-state index in [1.165, 1.54) is 12.4 Å². The van der Waals surface area contributed by atoms with Gasteiger partial charge < -0.3 is 10.5 Å². The topological polar surface area (TPSA) is 84.9 Å². The predicted octanol–water partition coefficient (Wildman–Crippen LogP) is 2.27. The van der Waals surface area contributed by atoms with Crippen molar-refractivity contribution in [2.45, 2.75) is 4.90 Å². The normalized spacial score (nSPS) is 10.1. The second-order valence-electron chi connectivity index (χ2n) is 3.40. The van der Waals surface area contributed by atoms with Crippen molar-refractivity contribution >= 4 is 17.6 Å². The van der Waals surface area contributed by atoms with Gasteiger partial charge in [-0.1, -0.05) is 0 Å². The summed E-state index contributed by atoms with van der Waals surface area (Å²) in [4.78, 5) is 9.14. The van der Waals surface area contributed by atoms with Gasteiger partial charge in [0.1, 0.15) is 11.6 Å². The third-order valence-electron chi connectivity index (χ3n) is 2.19. The fourth-order valence-corrected chi connectivity index (χ4v) is 1.75. The van der Waals surface area contributed by atoms with Crippen LogP contribution < -0.4 is 10.5 Å². The molecule has 0 atom stereocenters. The van der Waals surface area contributed by atoms with Crippen molar-refractivity contribution in [2.75, 3.05) is 6.26 Å². The summed E-state index contributed by atoms with van der Waals surface area (Å²) in [6.45, 7) is 0. The Kier molecular flexibility index (Phi) is 3.78. The molecule has 0 fully saturated rings. The molecule has 2 aromatic rings. The van der Waals surface area contributed by atoms with E-state index < -0.39 is 0 Å². The summed E-state index contributed by atoms with van der Waals surface area (Å²) < 4.78 is 5.57. The number of thioether (sulfide) groups is 1. The van der Waals surface area contributed by atoms with Gasteiger partial charge in [0, 0.05) is 17.3 Å². The van der Waals surface area contributed by atoms with Gasteiger partial charge in [0.05, 0.1) is 0 Å². The zero-order chi connectivity index (χ0) is 13.0. The summed E-state index contributed by atoms with van der Waals surface area (Å²) in [5.41, 5.74) is 5.65. The van der Waals surface area contributed by atoms with Crippen LogP contribution in [0.3, 0.4) is 0 Å². The Balaban J connectivity index is 2.25. The molecule has 0 bridgehead atoms. The van der Waals surface area contributed by atoms with Crippen LogP contribution in [0.1, 0.15) is 5.69 Å². The number of nitrogen functional groups attached to an aromatic ring is 1. The van der Waals surface area contributed by atoms with Crippen molar-refractivity contribution in [3.8, 4) is 11.6 Å². The summed E-state index contributed by atoms with van der Waals surface area (Å²) in [6.07, 6.45) is 4.98. The van der Waals surface area contributed by atoms with E-state index in [2.05, 4.69) is 9.97 Å². The van der Waals surface area contributed by atoms with Crippen molar-refractivity contribution in [2.24, 2.45) is 5.73 Å². The van der Waals surface area contributed by atoms with Crippen molar-refractivity contribution in [3.05, 3.63) is 42.4 Å². The highest BCUT2D eigenvalue weighted by molar-refractivity contribution is 7.98. The van der Waals surface area contributed by atoms with E-state index in [1.807, 2.05) is 30.5 Å². The van der Waals surface area contributed by atoms with Crippen LogP contribution in [0.25, 0.3) is 0 Å². The molecule has 5 nitrogen and oxygen atoms in total. The zero-order valence-electron chi connectivity index (χ0n) is 9.75. The number of nitrogens with two attached hydrogens (primary N) is 1. The number of rotatable bonds is 4. The van der Waals surface area contributed by atoms with E-state index in [1.54, 1.807) is 11.8 Å². The smallest absolute Gasteiger partial charge is 0.249 e. The van der Waals surface area contributed by atoms with Crippen molar-refractivity contribution in [1.29, 1.82) is 5.41 Å². The fraction of sp³-hybridized carbons (Fsp3) is 0.0833. The lowest BCUT2D eigenvalue weighted by molar-refractivity contribution is 0.458. The summed E-state index contributed by atoms with van der Waals surface area (Å²) in [6, 6.07) is 7.57. The van der Waals surface area contributed by atoms with E-state index in [0.717, 1.165) is 4.90 Å². The minimum Gasteiger partial charge on any atom is -0.437 e. The average Bonchev–Trinajstić information content (AvgIpc) is 2.40. The summed E-state index contributed by atoms with van der Waals surface area (Å²) in [7, 11) is 0. The molecule has 0 aliphatic rings. The van der Waals surface area contributed by atoms with Gasteiger partial charge in [-0.3, -0.25) is 5.41 Å². The standard InChI is InChI=1S/C12H12N4OS/c1-18-9-4-2-8(3-5-9)17-12-10(11(13)14)15-6-7-16-12/h2-7H,1H3,(H3,13,14). The second-order valence-corrected chi connectivity index (χ2v) is 4.28. The molecule has 6 heteroatoms. The van der Waals surface area contributed by atoms with E-state index in [4.69, 9.17) is 15.9 Å². The number of hydrogen-bond acceptors (Lipinski definition) is 5. The Morgan fingerprint density at radius 2 is 1.89 bits per heavy atom. The van der Waals surface area contributed by atoms with Gasteiger partial charge in [-0.15, -0.1) is 11.8 Å². The first-order valence-electron chi connectivity index (χ1n) is 5.18. The molecule has 0 radical (unpaired) electrons. The molecule has 0 saturated heterocycles. The number of aromatic nitrogens is 2. The Bertz CT molecular complexity index is 556.